The summed E-state index contributed by atoms with van der Waals surface area (Å²) < 4.78 is 18.5. The molecule has 0 radical (unpaired) electrons. The molecule has 24 heavy (non-hydrogen) atoms. The van der Waals surface area contributed by atoms with Crippen molar-refractivity contribution in [2.75, 3.05) is 5.75 Å². The van der Waals surface area contributed by atoms with Crippen LogP contribution in [0, 0.1) is 5.82 Å². The zero-order chi connectivity index (χ0) is 17.1. The molecule has 0 spiro atoms. The van der Waals surface area contributed by atoms with Crippen molar-refractivity contribution in [3.63, 3.8) is 0 Å². The van der Waals surface area contributed by atoms with E-state index in [9.17, 15) is 9.18 Å². The Morgan fingerprint density at radius 3 is 2.58 bits per heavy atom. The number of rotatable bonds is 4. The van der Waals surface area contributed by atoms with E-state index in [1.165, 1.54) is 30.3 Å². The highest BCUT2D eigenvalue weighted by Gasteiger charge is 2.29. The Bertz CT molecular complexity index is 694. The Balaban J connectivity index is 1.61. The quantitative estimate of drug-likeness (QED) is 0.787. The first-order valence-electron chi connectivity index (χ1n) is 8.08. The number of carbonyl (C=O) groups excluding carboxylic acids is 1. The van der Waals surface area contributed by atoms with Gasteiger partial charge in [-0.25, -0.2) is 4.39 Å². The summed E-state index contributed by atoms with van der Waals surface area (Å²) in [6, 6.07) is 6.40. The number of hydrogen-bond donors (Lipinski definition) is 0. The van der Waals surface area contributed by atoms with Gasteiger partial charge in [0.25, 0.3) is 5.22 Å². The smallest absolute Gasteiger partial charge is 0.277 e. The van der Waals surface area contributed by atoms with E-state index in [-0.39, 0.29) is 29.6 Å². The third-order valence-electron chi connectivity index (χ3n) is 4.30. The third-order valence-corrected chi connectivity index (χ3v) is 5.10. The predicted octanol–water partition coefficient (Wildman–Crippen LogP) is 3.76. The summed E-state index contributed by atoms with van der Waals surface area (Å²) in [5.74, 6) is 0.383. The highest BCUT2D eigenvalue weighted by atomic mass is 32.2. The van der Waals surface area contributed by atoms with Crippen LogP contribution in [0.4, 0.5) is 4.39 Å². The summed E-state index contributed by atoms with van der Waals surface area (Å²) in [6.07, 6.45) is 3.27. The van der Waals surface area contributed by atoms with Crippen molar-refractivity contribution in [2.24, 2.45) is 0 Å². The summed E-state index contributed by atoms with van der Waals surface area (Å²) in [6.45, 7) is 4.19. The van der Waals surface area contributed by atoms with Gasteiger partial charge in [-0.2, -0.15) is 0 Å². The highest BCUT2D eigenvalue weighted by molar-refractivity contribution is 7.99. The average molecular weight is 349 g/mol. The van der Waals surface area contributed by atoms with Crippen LogP contribution in [-0.2, 0) is 4.79 Å². The lowest BCUT2D eigenvalue weighted by Crippen LogP contribution is -2.48. The molecule has 0 N–H and O–H groups in total. The number of nitrogens with zero attached hydrogens (tertiary/aromatic N) is 3. The van der Waals surface area contributed by atoms with E-state index in [4.69, 9.17) is 4.42 Å². The van der Waals surface area contributed by atoms with Crippen molar-refractivity contribution in [3.05, 3.63) is 30.1 Å². The van der Waals surface area contributed by atoms with Crippen LogP contribution in [0.5, 0.6) is 0 Å². The summed E-state index contributed by atoms with van der Waals surface area (Å²) in [4.78, 5) is 14.4. The Labute approximate surface area is 144 Å². The van der Waals surface area contributed by atoms with Crippen molar-refractivity contribution in [2.45, 2.75) is 50.4 Å². The van der Waals surface area contributed by atoms with Crippen LogP contribution in [0.3, 0.4) is 0 Å². The lowest BCUT2D eigenvalue weighted by atomic mass is 9.98. The largest absolute Gasteiger partial charge is 0.411 e. The van der Waals surface area contributed by atoms with Gasteiger partial charge in [-0.05, 0) is 57.4 Å². The molecule has 0 aliphatic carbocycles. The number of thioether (sulfide) groups is 1. The molecular formula is C17H20FN3O2S. The molecule has 1 saturated heterocycles. The molecule has 1 amide bonds. The van der Waals surface area contributed by atoms with E-state index in [1.54, 1.807) is 12.1 Å². The fourth-order valence-electron chi connectivity index (χ4n) is 3.09. The number of piperidine rings is 1. The van der Waals surface area contributed by atoms with E-state index in [0.29, 0.717) is 16.7 Å². The molecule has 0 unspecified atom stereocenters. The number of hydrogen-bond acceptors (Lipinski definition) is 5. The van der Waals surface area contributed by atoms with Crippen molar-refractivity contribution in [1.82, 2.24) is 15.1 Å². The molecule has 1 aromatic carbocycles. The number of amides is 1. The van der Waals surface area contributed by atoms with Gasteiger partial charge in [-0.1, -0.05) is 11.8 Å². The van der Waals surface area contributed by atoms with Gasteiger partial charge in [-0.15, -0.1) is 10.2 Å². The molecule has 1 aliphatic heterocycles. The first-order chi connectivity index (χ1) is 11.5. The first kappa shape index (κ1) is 17.0. The van der Waals surface area contributed by atoms with Crippen molar-refractivity contribution in [1.29, 1.82) is 0 Å². The Kier molecular flexibility index (Phi) is 5.18. The van der Waals surface area contributed by atoms with Crippen LogP contribution < -0.4 is 0 Å². The zero-order valence-corrected chi connectivity index (χ0v) is 14.6. The Morgan fingerprint density at radius 2 is 1.92 bits per heavy atom. The third kappa shape index (κ3) is 3.77. The summed E-state index contributed by atoms with van der Waals surface area (Å²) in [5.41, 5.74) is 0.653. The first-order valence-corrected chi connectivity index (χ1v) is 9.06. The number of likely N-dealkylation sites (tertiary alicyclic amines) is 1. The van der Waals surface area contributed by atoms with Gasteiger partial charge in [0, 0.05) is 17.6 Å². The Morgan fingerprint density at radius 1 is 1.25 bits per heavy atom. The lowest BCUT2D eigenvalue weighted by molar-refractivity contribution is -0.134. The monoisotopic (exact) mass is 349 g/mol. The fourth-order valence-corrected chi connectivity index (χ4v) is 3.72. The molecule has 2 aromatic rings. The van der Waals surface area contributed by atoms with Crippen LogP contribution in [0.25, 0.3) is 11.5 Å². The van der Waals surface area contributed by atoms with Gasteiger partial charge < -0.3 is 9.32 Å². The molecule has 3 rings (SSSR count). The van der Waals surface area contributed by atoms with E-state index in [1.807, 2.05) is 4.90 Å². The van der Waals surface area contributed by atoms with Crippen LogP contribution in [-0.4, -0.2) is 38.8 Å². The second-order valence-corrected chi connectivity index (χ2v) is 7.03. The normalized spacial score (nSPS) is 21.0. The molecule has 2 heterocycles. The maximum atomic E-state index is 12.9. The second-order valence-electron chi connectivity index (χ2n) is 6.10. The maximum absolute atomic E-state index is 12.9. The van der Waals surface area contributed by atoms with Gasteiger partial charge in [0.1, 0.15) is 5.82 Å². The van der Waals surface area contributed by atoms with Crippen LogP contribution in [0.15, 0.2) is 33.9 Å². The highest BCUT2D eigenvalue weighted by Crippen LogP contribution is 2.26. The van der Waals surface area contributed by atoms with E-state index in [0.717, 1.165) is 12.8 Å². The lowest BCUT2D eigenvalue weighted by Gasteiger charge is -2.39. The summed E-state index contributed by atoms with van der Waals surface area (Å²) in [5, 5.41) is 8.25. The molecule has 7 heteroatoms. The number of benzene rings is 1. The topological polar surface area (TPSA) is 59.2 Å². The minimum absolute atomic E-state index is 0.0984. The molecule has 2 atom stereocenters. The van der Waals surface area contributed by atoms with Crippen LogP contribution in [0.1, 0.15) is 33.1 Å². The van der Waals surface area contributed by atoms with Gasteiger partial charge in [0.05, 0.1) is 5.75 Å². The van der Waals surface area contributed by atoms with Crippen molar-refractivity contribution < 1.29 is 13.6 Å². The van der Waals surface area contributed by atoms with Crippen LogP contribution >= 0.6 is 11.8 Å². The number of carbonyl (C=O) groups is 1. The van der Waals surface area contributed by atoms with Gasteiger partial charge in [-0.3, -0.25) is 4.79 Å². The average Bonchev–Trinajstić information content (AvgIpc) is 3.02. The Hall–Kier alpha value is -1.89. The molecule has 5 nitrogen and oxygen atoms in total. The summed E-state index contributed by atoms with van der Waals surface area (Å²) in [7, 11) is 0. The predicted molar refractivity (Wildman–Crippen MR) is 90.0 cm³/mol. The standard InChI is InChI=1S/C17H20FN3O2S/c1-11-4-3-5-12(2)21(11)15(22)10-24-17-20-19-16(23-17)13-6-8-14(18)9-7-13/h6-9,11-12H,3-5,10H2,1-2H3/t11-,12-/m0/s1. The SMILES string of the molecule is C[C@H]1CCC[C@H](C)N1C(=O)CSc1nnc(-c2ccc(F)cc2)o1. The van der Waals surface area contributed by atoms with Gasteiger partial charge in [0.2, 0.25) is 11.8 Å². The van der Waals surface area contributed by atoms with Gasteiger partial charge >= 0.3 is 0 Å². The minimum Gasteiger partial charge on any atom is -0.411 e. The molecule has 0 saturated carbocycles. The molecular weight excluding hydrogens is 329 g/mol. The maximum Gasteiger partial charge on any atom is 0.277 e. The number of aromatic nitrogens is 2. The number of halogens is 1. The van der Waals surface area contributed by atoms with E-state index in [2.05, 4.69) is 24.0 Å². The van der Waals surface area contributed by atoms with Crippen molar-refractivity contribution >= 4 is 17.7 Å². The second kappa shape index (κ2) is 7.34. The van der Waals surface area contributed by atoms with E-state index >= 15 is 0 Å². The van der Waals surface area contributed by atoms with Crippen LogP contribution in [0.2, 0.25) is 0 Å². The molecule has 1 aromatic heterocycles. The molecule has 1 fully saturated rings. The van der Waals surface area contributed by atoms with E-state index < -0.39 is 0 Å². The van der Waals surface area contributed by atoms with Crippen molar-refractivity contribution in [3.8, 4) is 11.5 Å². The molecule has 0 bridgehead atoms. The van der Waals surface area contributed by atoms with Gasteiger partial charge in [0.15, 0.2) is 0 Å². The fraction of sp³-hybridized carbons (Fsp3) is 0.471. The zero-order valence-electron chi connectivity index (χ0n) is 13.7. The summed E-state index contributed by atoms with van der Waals surface area (Å²) >= 11 is 1.24. The molecule has 1 aliphatic rings. The minimum atomic E-state index is -0.316. The molecule has 128 valence electrons.